The number of hydrogen-bond donors (Lipinski definition) is 0. The molecule has 0 spiro atoms. The second-order valence-corrected chi connectivity index (χ2v) is 7.94. The molecule has 2 aromatic carbocycles. The standard InChI is InChI=1S/C21H25N3S/c1-21(2,3)23-19-18(17-13-9-6-10-14-17)24(20(22-19)25-4)15-16-11-7-5-8-12-16/h5-14,18H,15H2,1-4H3. The molecule has 4 heteroatoms. The summed E-state index contributed by atoms with van der Waals surface area (Å²) in [7, 11) is 0. The lowest BCUT2D eigenvalue weighted by molar-refractivity contribution is 0.393. The van der Waals surface area contributed by atoms with Crippen LogP contribution in [0.2, 0.25) is 0 Å². The van der Waals surface area contributed by atoms with Gasteiger partial charge in [-0.25, -0.2) is 4.99 Å². The molecule has 1 unspecified atom stereocenters. The van der Waals surface area contributed by atoms with Crippen molar-refractivity contribution in [1.82, 2.24) is 4.90 Å². The van der Waals surface area contributed by atoms with Gasteiger partial charge in [-0.1, -0.05) is 72.4 Å². The summed E-state index contributed by atoms with van der Waals surface area (Å²) in [5.41, 5.74) is 2.36. The zero-order chi connectivity index (χ0) is 17.9. The van der Waals surface area contributed by atoms with E-state index in [4.69, 9.17) is 9.98 Å². The minimum Gasteiger partial charge on any atom is -0.332 e. The predicted molar refractivity (Wildman–Crippen MR) is 109 cm³/mol. The Kier molecular flexibility index (Phi) is 5.28. The van der Waals surface area contributed by atoms with E-state index in [-0.39, 0.29) is 11.6 Å². The van der Waals surface area contributed by atoms with Crippen LogP contribution in [0.5, 0.6) is 0 Å². The Hall–Kier alpha value is -2.07. The zero-order valence-corrected chi connectivity index (χ0v) is 16.1. The molecule has 0 radical (unpaired) electrons. The Labute approximate surface area is 154 Å². The van der Waals surface area contributed by atoms with Gasteiger partial charge >= 0.3 is 0 Å². The van der Waals surface area contributed by atoms with E-state index in [1.165, 1.54) is 11.1 Å². The maximum atomic E-state index is 4.93. The van der Waals surface area contributed by atoms with Crippen molar-refractivity contribution in [3.63, 3.8) is 0 Å². The van der Waals surface area contributed by atoms with Crippen LogP contribution in [-0.4, -0.2) is 27.7 Å². The van der Waals surface area contributed by atoms with Gasteiger partial charge in [0.2, 0.25) is 0 Å². The summed E-state index contributed by atoms with van der Waals surface area (Å²) in [6, 6.07) is 21.2. The maximum Gasteiger partial charge on any atom is 0.166 e. The molecule has 0 N–H and O–H groups in total. The Morgan fingerprint density at radius 2 is 1.60 bits per heavy atom. The van der Waals surface area contributed by atoms with Gasteiger partial charge in [0.25, 0.3) is 0 Å². The SMILES string of the molecule is CSC1=NC(=NC(C)(C)C)C(c2ccccc2)N1Cc1ccccc1. The van der Waals surface area contributed by atoms with Crippen molar-refractivity contribution in [1.29, 1.82) is 0 Å². The first-order chi connectivity index (χ1) is 12.0. The summed E-state index contributed by atoms with van der Waals surface area (Å²) in [5.74, 6) is 0.902. The van der Waals surface area contributed by atoms with Gasteiger partial charge in [0, 0.05) is 6.54 Å². The van der Waals surface area contributed by atoms with E-state index in [9.17, 15) is 0 Å². The summed E-state index contributed by atoms with van der Waals surface area (Å²) >= 11 is 1.68. The van der Waals surface area contributed by atoms with Crippen molar-refractivity contribution in [2.75, 3.05) is 6.26 Å². The zero-order valence-electron chi connectivity index (χ0n) is 15.3. The van der Waals surface area contributed by atoms with E-state index in [1.54, 1.807) is 11.8 Å². The molecule has 0 saturated heterocycles. The van der Waals surface area contributed by atoms with Gasteiger partial charge < -0.3 is 4.90 Å². The van der Waals surface area contributed by atoms with Crippen LogP contribution in [0.3, 0.4) is 0 Å². The molecule has 0 fully saturated rings. The molecule has 2 aromatic rings. The predicted octanol–water partition coefficient (Wildman–Crippen LogP) is 5.16. The van der Waals surface area contributed by atoms with Crippen LogP contribution >= 0.6 is 11.8 Å². The molecule has 25 heavy (non-hydrogen) atoms. The number of amidine groups is 2. The van der Waals surface area contributed by atoms with Gasteiger partial charge in [0.1, 0.15) is 6.04 Å². The van der Waals surface area contributed by atoms with E-state index in [0.717, 1.165) is 17.5 Å². The normalized spacial score (nSPS) is 19.4. The first-order valence-electron chi connectivity index (χ1n) is 8.56. The molecule has 3 rings (SSSR count). The molecule has 1 atom stereocenters. The van der Waals surface area contributed by atoms with E-state index >= 15 is 0 Å². The van der Waals surface area contributed by atoms with Crippen LogP contribution in [0.25, 0.3) is 0 Å². The Morgan fingerprint density at radius 3 is 2.16 bits per heavy atom. The van der Waals surface area contributed by atoms with Gasteiger partial charge in [-0.2, -0.15) is 0 Å². The molecular formula is C21H25N3S. The van der Waals surface area contributed by atoms with E-state index in [2.05, 4.69) is 92.6 Å². The van der Waals surface area contributed by atoms with Crippen molar-refractivity contribution >= 4 is 22.8 Å². The Bertz CT molecular complexity index is 761. The maximum absolute atomic E-state index is 4.93. The van der Waals surface area contributed by atoms with Crippen LogP contribution in [0.15, 0.2) is 70.6 Å². The van der Waals surface area contributed by atoms with Crippen LogP contribution in [0.4, 0.5) is 0 Å². The minimum absolute atomic E-state index is 0.0584. The smallest absolute Gasteiger partial charge is 0.166 e. The van der Waals surface area contributed by atoms with Gasteiger partial charge in [-0.05, 0) is 38.2 Å². The summed E-state index contributed by atoms with van der Waals surface area (Å²) in [6.07, 6.45) is 2.08. The molecular weight excluding hydrogens is 326 g/mol. The third-order valence-corrected chi connectivity index (χ3v) is 4.65. The van der Waals surface area contributed by atoms with Crippen molar-refractivity contribution in [2.45, 2.75) is 38.9 Å². The highest BCUT2D eigenvalue weighted by atomic mass is 32.2. The fourth-order valence-corrected chi connectivity index (χ4v) is 3.56. The molecule has 130 valence electrons. The fourth-order valence-electron chi connectivity index (χ4n) is 2.97. The van der Waals surface area contributed by atoms with Gasteiger partial charge in [-0.3, -0.25) is 4.99 Å². The highest BCUT2D eigenvalue weighted by Gasteiger charge is 2.35. The second-order valence-electron chi connectivity index (χ2n) is 7.17. The van der Waals surface area contributed by atoms with Crippen molar-refractivity contribution < 1.29 is 0 Å². The van der Waals surface area contributed by atoms with E-state index in [0.29, 0.717) is 0 Å². The molecule has 1 aliphatic heterocycles. The average Bonchev–Trinajstić information content (AvgIpc) is 2.92. The number of hydrogen-bond acceptors (Lipinski definition) is 3. The van der Waals surface area contributed by atoms with Crippen LogP contribution in [-0.2, 0) is 6.54 Å². The minimum atomic E-state index is -0.155. The topological polar surface area (TPSA) is 28.0 Å². The lowest BCUT2D eigenvalue weighted by Gasteiger charge is -2.28. The number of nitrogens with zero attached hydrogens (tertiary/aromatic N) is 3. The number of rotatable bonds is 3. The third-order valence-electron chi connectivity index (χ3n) is 3.96. The van der Waals surface area contributed by atoms with Crippen LogP contribution in [0.1, 0.15) is 37.9 Å². The second kappa shape index (κ2) is 7.44. The highest BCUT2D eigenvalue weighted by Crippen LogP contribution is 2.34. The molecule has 0 aliphatic carbocycles. The fraction of sp³-hybridized carbons (Fsp3) is 0.333. The quantitative estimate of drug-likeness (QED) is 0.764. The first-order valence-corrected chi connectivity index (χ1v) is 9.78. The highest BCUT2D eigenvalue weighted by molar-refractivity contribution is 8.13. The first kappa shape index (κ1) is 17.7. The number of thioether (sulfide) groups is 1. The van der Waals surface area contributed by atoms with E-state index in [1.807, 2.05) is 0 Å². The van der Waals surface area contributed by atoms with Gasteiger partial charge in [-0.15, -0.1) is 0 Å². The van der Waals surface area contributed by atoms with Gasteiger partial charge in [0.05, 0.1) is 5.54 Å². The van der Waals surface area contributed by atoms with Crippen molar-refractivity contribution in [3.05, 3.63) is 71.8 Å². The third kappa shape index (κ3) is 4.31. The molecule has 1 aliphatic rings. The summed E-state index contributed by atoms with van der Waals surface area (Å²) in [4.78, 5) is 12.2. The van der Waals surface area contributed by atoms with Gasteiger partial charge in [0.15, 0.2) is 11.0 Å². The number of aliphatic imine (C=N–C) groups is 2. The molecule has 0 bridgehead atoms. The average molecular weight is 352 g/mol. The largest absolute Gasteiger partial charge is 0.332 e. The van der Waals surface area contributed by atoms with Crippen molar-refractivity contribution in [2.24, 2.45) is 9.98 Å². The molecule has 0 aromatic heterocycles. The lowest BCUT2D eigenvalue weighted by atomic mass is 10.0. The van der Waals surface area contributed by atoms with E-state index < -0.39 is 0 Å². The lowest BCUT2D eigenvalue weighted by Crippen LogP contribution is -2.31. The molecule has 3 nitrogen and oxygen atoms in total. The molecule has 0 saturated carbocycles. The van der Waals surface area contributed by atoms with Crippen LogP contribution < -0.4 is 0 Å². The summed E-state index contributed by atoms with van der Waals surface area (Å²) in [6.45, 7) is 7.19. The molecule has 0 amide bonds. The molecule has 1 heterocycles. The Morgan fingerprint density at radius 1 is 1.00 bits per heavy atom. The summed E-state index contributed by atoms with van der Waals surface area (Å²) < 4.78 is 0. The van der Waals surface area contributed by atoms with Crippen molar-refractivity contribution in [3.8, 4) is 0 Å². The number of benzene rings is 2. The monoisotopic (exact) mass is 351 g/mol. The van der Waals surface area contributed by atoms with Crippen LogP contribution in [0, 0.1) is 0 Å². The Balaban J connectivity index is 2.03. The summed E-state index contributed by atoms with van der Waals surface area (Å²) in [5, 5.41) is 1.03.